The number of halogens is 2. The number of ether oxygens (including phenoxy) is 2. The topological polar surface area (TPSA) is 88.1 Å². The van der Waals surface area contributed by atoms with Crippen molar-refractivity contribution in [1.29, 1.82) is 0 Å². The summed E-state index contributed by atoms with van der Waals surface area (Å²) in [5.41, 5.74) is -0.624. The van der Waals surface area contributed by atoms with Crippen LogP contribution in [0.4, 0.5) is 4.79 Å². The second-order valence-corrected chi connectivity index (χ2v) is 7.58. The maximum Gasteiger partial charge on any atom is 0.325 e. The van der Waals surface area contributed by atoms with Crippen LogP contribution in [0.1, 0.15) is 12.5 Å². The van der Waals surface area contributed by atoms with Gasteiger partial charge in [0.1, 0.15) is 29.7 Å². The number of nitrogens with zero attached hydrogens (tertiary/aromatic N) is 1. The van der Waals surface area contributed by atoms with Crippen LogP contribution in [-0.2, 0) is 10.3 Å². The van der Waals surface area contributed by atoms with Gasteiger partial charge in [-0.05, 0) is 42.8 Å². The standard InChI is InChI=1S/C20H20Cl2N2O5/c1-20(12-3-6-15(28-2)7-4-12)18(26)24(19(27)23-20)10-14(25)11-29-17-8-5-13(21)9-16(17)22/h3-9,14,25H,10-11H2,1-2H3,(H,23,27)/t14-,20-/m1/s1. The summed E-state index contributed by atoms with van der Waals surface area (Å²) in [6.07, 6.45) is -1.10. The fraction of sp³-hybridized carbons (Fsp3) is 0.300. The average molecular weight is 439 g/mol. The zero-order valence-corrected chi connectivity index (χ0v) is 17.3. The number of aliphatic hydroxyl groups is 1. The van der Waals surface area contributed by atoms with Gasteiger partial charge in [0, 0.05) is 5.02 Å². The molecule has 0 radical (unpaired) electrons. The van der Waals surface area contributed by atoms with Gasteiger partial charge in [-0.3, -0.25) is 9.69 Å². The van der Waals surface area contributed by atoms with E-state index in [0.29, 0.717) is 27.1 Å². The van der Waals surface area contributed by atoms with Crippen molar-refractivity contribution < 1.29 is 24.2 Å². The highest BCUT2D eigenvalue weighted by Crippen LogP contribution is 2.30. The minimum atomic E-state index is -1.23. The number of carbonyl (C=O) groups excluding carboxylic acids is 2. The summed E-state index contributed by atoms with van der Waals surface area (Å²) in [6.45, 7) is 1.24. The van der Waals surface area contributed by atoms with Gasteiger partial charge in [0.2, 0.25) is 0 Å². The van der Waals surface area contributed by atoms with E-state index in [2.05, 4.69) is 5.32 Å². The Morgan fingerprint density at radius 3 is 2.48 bits per heavy atom. The van der Waals surface area contributed by atoms with Crippen LogP contribution in [0.2, 0.25) is 10.0 Å². The van der Waals surface area contributed by atoms with Gasteiger partial charge in [-0.25, -0.2) is 4.79 Å². The largest absolute Gasteiger partial charge is 0.497 e. The average Bonchev–Trinajstić information content (AvgIpc) is 2.91. The van der Waals surface area contributed by atoms with Gasteiger partial charge in [0.15, 0.2) is 0 Å². The molecule has 2 N–H and O–H groups in total. The van der Waals surface area contributed by atoms with Crippen molar-refractivity contribution in [3.8, 4) is 11.5 Å². The van der Waals surface area contributed by atoms with Crippen LogP contribution in [0.5, 0.6) is 11.5 Å². The second-order valence-electron chi connectivity index (χ2n) is 6.74. The van der Waals surface area contributed by atoms with Crippen molar-refractivity contribution in [3.63, 3.8) is 0 Å². The Hall–Kier alpha value is -2.48. The summed E-state index contributed by atoms with van der Waals surface area (Å²) in [6, 6.07) is 11.0. The zero-order chi connectivity index (χ0) is 21.2. The highest BCUT2D eigenvalue weighted by atomic mass is 35.5. The second kappa shape index (κ2) is 8.49. The summed E-state index contributed by atoms with van der Waals surface area (Å²) >= 11 is 11.9. The molecule has 9 heteroatoms. The van der Waals surface area contributed by atoms with Crippen LogP contribution in [0.15, 0.2) is 42.5 Å². The first-order valence-corrected chi connectivity index (χ1v) is 9.54. The highest BCUT2D eigenvalue weighted by Gasteiger charge is 2.49. The number of imide groups is 1. The summed E-state index contributed by atoms with van der Waals surface area (Å²) in [5, 5.41) is 13.7. The molecule has 3 rings (SSSR count). The molecule has 3 amide bonds. The van der Waals surface area contributed by atoms with Crippen LogP contribution in [-0.4, -0.2) is 48.3 Å². The van der Waals surface area contributed by atoms with Crippen molar-refractivity contribution in [2.45, 2.75) is 18.6 Å². The fourth-order valence-corrected chi connectivity index (χ4v) is 3.49. The first-order chi connectivity index (χ1) is 13.7. The molecule has 0 bridgehead atoms. The van der Waals surface area contributed by atoms with Gasteiger partial charge >= 0.3 is 6.03 Å². The molecule has 154 valence electrons. The van der Waals surface area contributed by atoms with Gasteiger partial charge in [-0.1, -0.05) is 35.3 Å². The maximum atomic E-state index is 12.9. The molecule has 7 nitrogen and oxygen atoms in total. The molecule has 0 unspecified atom stereocenters. The maximum absolute atomic E-state index is 12.9. The molecule has 0 saturated carbocycles. The number of urea groups is 1. The van der Waals surface area contributed by atoms with Gasteiger partial charge in [0.25, 0.3) is 5.91 Å². The van der Waals surface area contributed by atoms with Crippen molar-refractivity contribution in [2.24, 2.45) is 0 Å². The van der Waals surface area contributed by atoms with E-state index in [0.717, 1.165) is 4.90 Å². The SMILES string of the molecule is COc1ccc([C@@]2(C)NC(=O)N(C[C@@H](O)COc3ccc(Cl)cc3Cl)C2=O)cc1. The van der Waals surface area contributed by atoms with Crippen molar-refractivity contribution >= 4 is 35.1 Å². The van der Waals surface area contributed by atoms with Crippen LogP contribution in [0.3, 0.4) is 0 Å². The molecule has 2 aromatic rings. The van der Waals surface area contributed by atoms with E-state index in [1.165, 1.54) is 6.07 Å². The van der Waals surface area contributed by atoms with E-state index < -0.39 is 23.6 Å². The van der Waals surface area contributed by atoms with Crippen molar-refractivity contribution in [3.05, 3.63) is 58.1 Å². The third-order valence-electron chi connectivity index (χ3n) is 4.66. The molecule has 0 aromatic heterocycles. The number of β-amino-alcohol motifs (C(OH)–C–C–N with tert-alkyl or cyclic N) is 1. The summed E-state index contributed by atoms with van der Waals surface area (Å²) in [7, 11) is 1.54. The highest BCUT2D eigenvalue weighted by molar-refractivity contribution is 6.35. The molecule has 1 aliphatic rings. The van der Waals surface area contributed by atoms with Crippen LogP contribution in [0.25, 0.3) is 0 Å². The van der Waals surface area contributed by atoms with E-state index in [1.807, 2.05) is 0 Å². The van der Waals surface area contributed by atoms with Crippen molar-refractivity contribution in [2.75, 3.05) is 20.3 Å². The molecule has 1 fully saturated rings. The Labute approximate surface area is 178 Å². The summed E-state index contributed by atoms with van der Waals surface area (Å²) < 4.78 is 10.6. The third-order valence-corrected chi connectivity index (χ3v) is 5.19. The molecule has 2 atom stereocenters. The molecule has 0 aliphatic carbocycles. The first-order valence-electron chi connectivity index (χ1n) is 8.79. The number of rotatable bonds is 7. The Kier molecular flexibility index (Phi) is 6.21. The zero-order valence-electron chi connectivity index (χ0n) is 15.8. The van der Waals surface area contributed by atoms with Crippen molar-refractivity contribution in [1.82, 2.24) is 10.2 Å². The molecule has 1 saturated heterocycles. The fourth-order valence-electron chi connectivity index (χ4n) is 3.02. The third kappa shape index (κ3) is 4.42. The number of carbonyl (C=O) groups is 2. The molecule has 0 spiro atoms. The lowest BCUT2D eigenvalue weighted by Gasteiger charge is -2.23. The number of benzene rings is 2. The van der Waals surface area contributed by atoms with E-state index >= 15 is 0 Å². The minimum absolute atomic E-state index is 0.155. The lowest BCUT2D eigenvalue weighted by Crippen LogP contribution is -2.42. The van der Waals surface area contributed by atoms with E-state index in [4.69, 9.17) is 32.7 Å². The molecular formula is C20H20Cl2N2O5. The van der Waals surface area contributed by atoms with Crippen LogP contribution in [0, 0.1) is 0 Å². The van der Waals surface area contributed by atoms with Gasteiger partial charge in [0.05, 0.1) is 18.7 Å². The molecule has 1 aliphatic heterocycles. The molecular weight excluding hydrogens is 419 g/mol. The number of hydrogen-bond acceptors (Lipinski definition) is 5. The van der Waals surface area contributed by atoms with Gasteiger partial charge in [-0.15, -0.1) is 0 Å². The van der Waals surface area contributed by atoms with E-state index in [9.17, 15) is 14.7 Å². The number of methoxy groups -OCH3 is 1. The minimum Gasteiger partial charge on any atom is -0.497 e. The molecule has 2 aromatic carbocycles. The Morgan fingerprint density at radius 2 is 1.86 bits per heavy atom. The number of aliphatic hydroxyl groups excluding tert-OH is 1. The predicted molar refractivity (Wildman–Crippen MR) is 109 cm³/mol. The first kappa shape index (κ1) is 21.2. The van der Waals surface area contributed by atoms with E-state index in [1.54, 1.807) is 50.4 Å². The van der Waals surface area contributed by atoms with Gasteiger partial charge in [-0.2, -0.15) is 0 Å². The summed E-state index contributed by atoms with van der Waals surface area (Å²) in [5.74, 6) is 0.519. The monoisotopic (exact) mass is 438 g/mol. The number of amides is 3. The predicted octanol–water partition coefficient (Wildman–Crippen LogP) is 3.21. The Balaban J connectivity index is 1.66. The Morgan fingerprint density at radius 1 is 1.17 bits per heavy atom. The van der Waals surface area contributed by atoms with Gasteiger partial charge < -0.3 is 19.9 Å². The quantitative estimate of drug-likeness (QED) is 0.647. The van der Waals surface area contributed by atoms with Crippen LogP contribution >= 0.6 is 23.2 Å². The van der Waals surface area contributed by atoms with E-state index in [-0.39, 0.29) is 13.2 Å². The number of nitrogens with one attached hydrogen (secondary N) is 1. The van der Waals surface area contributed by atoms with Crippen LogP contribution < -0.4 is 14.8 Å². The lowest BCUT2D eigenvalue weighted by atomic mass is 9.92. The normalized spacial score (nSPS) is 19.8. The molecule has 1 heterocycles. The smallest absolute Gasteiger partial charge is 0.325 e. The lowest BCUT2D eigenvalue weighted by molar-refractivity contribution is -0.132. The Bertz CT molecular complexity index is 922. The molecule has 29 heavy (non-hydrogen) atoms. The number of hydrogen-bond donors (Lipinski definition) is 2. The summed E-state index contributed by atoms with van der Waals surface area (Å²) in [4.78, 5) is 26.3.